The fourth-order valence-electron chi connectivity index (χ4n) is 0. The molecule has 0 saturated carbocycles. The van der Waals surface area contributed by atoms with E-state index in [0.717, 1.165) is 0 Å². The first-order valence-corrected chi connectivity index (χ1v) is 0. The van der Waals surface area contributed by atoms with E-state index >= 15 is 0 Å². The molecule has 0 N–H and O–H groups in total. The zero-order valence-electron chi connectivity index (χ0n) is 1.78. The molecule has 5 heteroatoms. The summed E-state index contributed by atoms with van der Waals surface area (Å²) in [5.74, 6) is 0. The molecule has 0 aromatic heterocycles. The summed E-state index contributed by atoms with van der Waals surface area (Å²) in [5, 5.41) is 0. The zero-order chi connectivity index (χ0) is 0. The van der Waals surface area contributed by atoms with Crippen molar-refractivity contribution < 1.29 is 89.5 Å². The summed E-state index contributed by atoms with van der Waals surface area (Å²) in [5.41, 5.74) is 0. The molecule has 0 amide bonds. The Morgan fingerprint density at radius 1 is 0.400 bits per heavy atom. The Labute approximate surface area is 88.3 Å². The maximum absolute atomic E-state index is 0. The Hall–Kier alpha value is 2.77. The van der Waals surface area contributed by atoms with Crippen LogP contribution >= 0.6 is 0 Å². The van der Waals surface area contributed by atoms with Crippen LogP contribution in [0.5, 0.6) is 0 Å². The summed E-state index contributed by atoms with van der Waals surface area (Å²) in [6, 6.07) is 0. The molecule has 0 aliphatic rings. The normalized spacial score (nSPS) is 0. The Morgan fingerprint density at radius 2 is 0.400 bits per heavy atom. The van der Waals surface area contributed by atoms with Gasteiger partial charge in [0.15, 0.2) is 0 Å². The van der Waals surface area contributed by atoms with E-state index in [-0.39, 0.29) is 89.5 Å². The predicted molar refractivity (Wildman–Crippen MR) is 0 cm³/mol. The van der Waals surface area contributed by atoms with Crippen molar-refractivity contribution in [1.82, 2.24) is 0 Å². The van der Waals surface area contributed by atoms with Crippen LogP contribution in [0, 0.1) is 0 Å². The molecule has 0 atom stereocenters. The molecular formula is Co4Nb. The molecular weight excluding hydrogens is 329 g/mol. The fraction of sp³-hybridized carbons (Fsp3) is 0. The van der Waals surface area contributed by atoms with E-state index in [0.29, 0.717) is 0 Å². The first-order valence-electron chi connectivity index (χ1n) is 0. The number of hydrogen-bond acceptors (Lipinski definition) is 0. The standard InChI is InChI=1S/4Co.Nb. The molecule has 0 nitrogen and oxygen atoms in total. The van der Waals surface area contributed by atoms with Gasteiger partial charge in [0.05, 0.1) is 0 Å². The van der Waals surface area contributed by atoms with Gasteiger partial charge >= 0.3 is 0 Å². The van der Waals surface area contributed by atoms with Gasteiger partial charge in [0.2, 0.25) is 0 Å². The van der Waals surface area contributed by atoms with Crippen molar-refractivity contribution in [3.63, 3.8) is 0 Å². The van der Waals surface area contributed by atoms with Crippen LogP contribution in [0.15, 0.2) is 0 Å². The van der Waals surface area contributed by atoms with Gasteiger partial charge in [-0.15, -0.1) is 0 Å². The van der Waals surface area contributed by atoms with E-state index in [4.69, 9.17) is 0 Å². The predicted octanol–water partition coefficient (Wildman–Crippen LogP) is -0.0125. The molecule has 5 radical (unpaired) electrons. The Morgan fingerprint density at radius 3 is 0.400 bits per heavy atom. The third-order valence-electron chi connectivity index (χ3n) is 0. The molecule has 5 heavy (non-hydrogen) atoms. The molecule has 0 heterocycles. The summed E-state index contributed by atoms with van der Waals surface area (Å²) in [4.78, 5) is 0. The molecule has 0 unspecified atom stereocenters. The van der Waals surface area contributed by atoms with Crippen molar-refractivity contribution in [1.29, 1.82) is 0 Å². The molecule has 41 valence electrons. The summed E-state index contributed by atoms with van der Waals surface area (Å²) in [6.07, 6.45) is 0. The molecule has 0 rings (SSSR count). The van der Waals surface area contributed by atoms with Crippen LogP contribution in [0.4, 0.5) is 0 Å². The van der Waals surface area contributed by atoms with Gasteiger partial charge < -0.3 is 0 Å². The van der Waals surface area contributed by atoms with Gasteiger partial charge in [-0.1, -0.05) is 0 Å². The van der Waals surface area contributed by atoms with Gasteiger partial charge in [0.25, 0.3) is 0 Å². The third-order valence-corrected chi connectivity index (χ3v) is 0. The van der Waals surface area contributed by atoms with Crippen molar-refractivity contribution in [2.24, 2.45) is 0 Å². The van der Waals surface area contributed by atoms with Crippen molar-refractivity contribution in [3.8, 4) is 0 Å². The molecule has 0 aromatic rings. The summed E-state index contributed by atoms with van der Waals surface area (Å²) >= 11 is 0. The van der Waals surface area contributed by atoms with Gasteiger partial charge in [0, 0.05) is 89.5 Å². The SMILES string of the molecule is [Co].[Co].[Co].[Co].[Nb]. The van der Waals surface area contributed by atoms with Crippen LogP contribution in [0.2, 0.25) is 0 Å². The second-order valence-electron chi connectivity index (χ2n) is 0. The maximum atomic E-state index is 0. The number of hydrogen-bond donors (Lipinski definition) is 0. The molecule has 0 fully saturated rings. The Kier molecular flexibility index (Phi) is 273. The molecule has 0 aliphatic heterocycles. The van der Waals surface area contributed by atoms with E-state index < -0.39 is 0 Å². The molecule has 0 bridgehead atoms. The van der Waals surface area contributed by atoms with Crippen molar-refractivity contribution in [2.75, 3.05) is 0 Å². The van der Waals surface area contributed by atoms with Crippen molar-refractivity contribution in [3.05, 3.63) is 0 Å². The second kappa shape index (κ2) is 29.4. The van der Waals surface area contributed by atoms with Crippen LogP contribution in [0.25, 0.3) is 0 Å². The van der Waals surface area contributed by atoms with Crippen LogP contribution in [0.3, 0.4) is 0 Å². The summed E-state index contributed by atoms with van der Waals surface area (Å²) in [6.45, 7) is 0. The second-order valence-corrected chi connectivity index (χ2v) is 0. The van der Waals surface area contributed by atoms with Gasteiger partial charge in [-0.2, -0.15) is 0 Å². The quantitative estimate of drug-likeness (QED) is 0.549. The van der Waals surface area contributed by atoms with E-state index in [1.165, 1.54) is 0 Å². The van der Waals surface area contributed by atoms with E-state index in [1.807, 2.05) is 0 Å². The van der Waals surface area contributed by atoms with E-state index in [1.54, 1.807) is 0 Å². The average molecular weight is 329 g/mol. The Bertz CT molecular complexity index is 3.61. The minimum atomic E-state index is 0. The van der Waals surface area contributed by atoms with Gasteiger partial charge in [0.1, 0.15) is 0 Å². The first kappa shape index (κ1) is 46.5. The fourth-order valence-corrected chi connectivity index (χ4v) is 0. The molecule has 0 spiro atoms. The zero-order valence-corrected chi connectivity index (χ0v) is 8.14. The molecule has 0 saturated heterocycles. The molecule has 0 aromatic carbocycles. The van der Waals surface area contributed by atoms with Crippen molar-refractivity contribution >= 4 is 0 Å². The van der Waals surface area contributed by atoms with Gasteiger partial charge in [-0.3, -0.25) is 0 Å². The van der Waals surface area contributed by atoms with Gasteiger partial charge in [-0.25, -0.2) is 0 Å². The topological polar surface area (TPSA) is 0 Å². The largest absolute Gasteiger partial charge is 0 e. The smallest absolute Gasteiger partial charge is 0 e. The van der Waals surface area contributed by atoms with E-state index in [2.05, 4.69) is 0 Å². The molecule has 0 aliphatic carbocycles. The van der Waals surface area contributed by atoms with Crippen LogP contribution in [0.1, 0.15) is 0 Å². The minimum absolute atomic E-state index is 0. The van der Waals surface area contributed by atoms with Crippen molar-refractivity contribution in [2.45, 2.75) is 0 Å². The third kappa shape index (κ3) is 20.1. The van der Waals surface area contributed by atoms with E-state index in [9.17, 15) is 0 Å². The average Bonchev–Trinajstić information content (AvgIpc) is 0. The number of rotatable bonds is 0. The van der Waals surface area contributed by atoms with Crippen LogP contribution in [-0.2, 0) is 89.5 Å². The maximum Gasteiger partial charge on any atom is 0 e. The van der Waals surface area contributed by atoms with Crippen LogP contribution in [-0.4, -0.2) is 0 Å². The summed E-state index contributed by atoms with van der Waals surface area (Å²) < 4.78 is 0. The van der Waals surface area contributed by atoms with Gasteiger partial charge in [-0.05, 0) is 0 Å². The first-order chi connectivity index (χ1) is 0. The Balaban J connectivity index is 0. The van der Waals surface area contributed by atoms with Crippen LogP contribution < -0.4 is 0 Å². The summed E-state index contributed by atoms with van der Waals surface area (Å²) in [7, 11) is 0. The minimum Gasteiger partial charge on any atom is 0 e. The monoisotopic (exact) mass is 329 g/mol.